The minimum atomic E-state index is 0.0522. The first-order valence-electron chi connectivity index (χ1n) is 10.0. The second-order valence-corrected chi connectivity index (χ2v) is 9.32. The first kappa shape index (κ1) is 18.2. The normalized spacial score (nSPS) is 17.8. The summed E-state index contributed by atoms with van der Waals surface area (Å²) in [6.07, 6.45) is 4.53. The highest BCUT2D eigenvalue weighted by atomic mass is 35.5. The Morgan fingerprint density at radius 2 is 2.04 bits per heavy atom. The Balaban J connectivity index is 1.30. The molecular formula is C21H24ClN4OS+. The summed E-state index contributed by atoms with van der Waals surface area (Å²) in [5.74, 6) is 0.822. The molecule has 0 unspecified atom stereocenters. The molecule has 28 heavy (non-hydrogen) atoms. The minimum Gasteiger partial charge on any atom is -0.360 e. The molecule has 0 atom stereocenters. The summed E-state index contributed by atoms with van der Waals surface area (Å²) in [6.45, 7) is 4.78. The molecule has 1 aliphatic carbocycles. The van der Waals surface area contributed by atoms with Crippen LogP contribution in [0, 0.1) is 0 Å². The summed E-state index contributed by atoms with van der Waals surface area (Å²) in [7, 11) is 0. The lowest BCUT2D eigenvalue weighted by molar-refractivity contribution is -0.915. The average Bonchev–Trinajstić information content (AvgIpc) is 3.07. The second kappa shape index (κ2) is 7.50. The van der Waals surface area contributed by atoms with Gasteiger partial charge in [0.05, 0.1) is 31.6 Å². The third kappa shape index (κ3) is 3.45. The molecule has 2 aromatic heterocycles. The van der Waals surface area contributed by atoms with Crippen LogP contribution in [0.1, 0.15) is 29.1 Å². The fourth-order valence-corrected chi connectivity index (χ4v) is 5.93. The van der Waals surface area contributed by atoms with Gasteiger partial charge in [-0.15, -0.1) is 11.3 Å². The Hall–Kier alpha value is -1.89. The number of H-pyrrole nitrogens is 1. The van der Waals surface area contributed by atoms with Gasteiger partial charge in [0.25, 0.3) is 5.56 Å². The first-order valence-corrected chi connectivity index (χ1v) is 11.2. The van der Waals surface area contributed by atoms with Gasteiger partial charge < -0.3 is 14.8 Å². The van der Waals surface area contributed by atoms with Crippen LogP contribution >= 0.6 is 22.9 Å². The van der Waals surface area contributed by atoms with Crippen molar-refractivity contribution in [2.45, 2.75) is 32.2 Å². The number of quaternary nitrogens is 1. The van der Waals surface area contributed by atoms with Gasteiger partial charge in [-0.05, 0) is 49.4 Å². The molecular weight excluding hydrogens is 392 g/mol. The van der Waals surface area contributed by atoms with Gasteiger partial charge in [-0.1, -0.05) is 17.7 Å². The molecule has 7 heteroatoms. The molecule has 1 saturated heterocycles. The number of halogens is 1. The number of aryl methyl sites for hydroxylation is 2. The molecule has 3 heterocycles. The molecule has 1 aromatic carbocycles. The quantitative estimate of drug-likeness (QED) is 0.690. The molecule has 0 radical (unpaired) electrons. The zero-order chi connectivity index (χ0) is 19.1. The van der Waals surface area contributed by atoms with Crippen molar-refractivity contribution in [3.8, 4) is 0 Å². The Labute approximate surface area is 173 Å². The number of aromatic amines is 1. The SMILES string of the molecule is O=c1[nH]c(C[NH+]2CCN(c3cccc(Cl)c3)CC2)nc2sc3c(c12)CCCC3. The lowest BCUT2D eigenvalue weighted by Gasteiger charge is -2.33. The van der Waals surface area contributed by atoms with Gasteiger partial charge >= 0.3 is 0 Å². The molecule has 0 spiro atoms. The van der Waals surface area contributed by atoms with Crippen molar-refractivity contribution in [1.82, 2.24) is 9.97 Å². The van der Waals surface area contributed by atoms with Gasteiger partial charge in [-0.3, -0.25) is 4.79 Å². The van der Waals surface area contributed by atoms with Crippen LogP contribution in [0.4, 0.5) is 5.69 Å². The maximum Gasteiger partial charge on any atom is 0.260 e. The van der Waals surface area contributed by atoms with Crippen LogP contribution in [0.2, 0.25) is 5.02 Å². The van der Waals surface area contributed by atoms with Gasteiger partial charge in [0, 0.05) is 15.6 Å². The van der Waals surface area contributed by atoms with Crippen molar-refractivity contribution in [2.75, 3.05) is 31.1 Å². The average molecular weight is 416 g/mol. The van der Waals surface area contributed by atoms with Crippen LogP contribution in [0.15, 0.2) is 29.1 Å². The number of thiophene rings is 1. The van der Waals surface area contributed by atoms with E-state index in [4.69, 9.17) is 16.6 Å². The number of rotatable bonds is 3. The molecule has 146 valence electrons. The fraction of sp³-hybridized carbons (Fsp3) is 0.429. The smallest absolute Gasteiger partial charge is 0.260 e. The highest BCUT2D eigenvalue weighted by Crippen LogP contribution is 2.33. The maximum absolute atomic E-state index is 12.7. The highest BCUT2D eigenvalue weighted by Gasteiger charge is 2.23. The van der Waals surface area contributed by atoms with E-state index in [-0.39, 0.29) is 5.56 Å². The largest absolute Gasteiger partial charge is 0.360 e. The van der Waals surface area contributed by atoms with Gasteiger partial charge in [0.15, 0.2) is 5.82 Å². The van der Waals surface area contributed by atoms with E-state index in [9.17, 15) is 4.79 Å². The highest BCUT2D eigenvalue weighted by molar-refractivity contribution is 7.18. The third-order valence-electron chi connectivity index (χ3n) is 5.94. The summed E-state index contributed by atoms with van der Waals surface area (Å²) in [6, 6.07) is 8.05. The molecule has 5 rings (SSSR count). The molecule has 0 bridgehead atoms. The van der Waals surface area contributed by atoms with E-state index >= 15 is 0 Å². The number of anilines is 1. The maximum atomic E-state index is 12.7. The standard InChI is InChI=1S/C21H23ClN4OS/c22-14-4-3-5-15(12-14)26-10-8-25(9-11-26)13-18-23-20(27)19-16-6-1-2-7-17(16)28-21(19)24-18/h3-5,12H,1-2,6-11,13H2,(H,23,24,27)/p+1. The van der Waals surface area contributed by atoms with E-state index in [1.807, 2.05) is 18.2 Å². The number of benzene rings is 1. The molecule has 1 fully saturated rings. The van der Waals surface area contributed by atoms with E-state index in [0.717, 1.165) is 66.6 Å². The van der Waals surface area contributed by atoms with Gasteiger partial charge in [0.1, 0.15) is 11.4 Å². The van der Waals surface area contributed by atoms with Crippen LogP contribution in [0.5, 0.6) is 0 Å². The van der Waals surface area contributed by atoms with Crippen molar-refractivity contribution in [3.05, 3.63) is 55.9 Å². The first-order chi connectivity index (χ1) is 13.7. The third-order valence-corrected chi connectivity index (χ3v) is 7.36. The Bertz CT molecular complexity index is 1070. The van der Waals surface area contributed by atoms with Crippen molar-refractivity contribution in [1.29, 1.82) is 0 Å². The number of piperazine rings is 1. The topological polar surface area (TPSA) is 53.4 Å². The molecule has 5 nitrogen and oxygen atoms in total. The Morgan fingerprint density at radius 1 is 1.21 bits per heavy atom. The van der Waals surface area contributed by atoms with E-state index in [1.54, 1.807) is 11.3 Å². The number of hydrogen-bond acceptors (Lipinski definition) is 4. The van der Waals surface area contributed by atoms with Gasteiger partial charge in [-0.2, -0.15) is 0 Å². The summed E-state index contributed by atoms with van der Waals surface area (Å²) < 4.78 is 0. The van der Waals surface area contributed by atoms with Crippen LogP contribution in [0.3, 0.4) is 0 Å². The van der Waals surface area contributed by atoms with Crippen LogP contribution in [0.25, 0.3) is 10.2 Å². The zero-order valence-electron chi connectivity index (χ0n) is 15.8. The number of hydrogen-bond donors (Lipinski definition) is 2. The van der Waals surface area contributed by atoms with E-state index < -0.39 is 0 Å². The van der Waals surface area contributed by atoms with E-state index in [2.05, 4.69) is 16.0 Å². The van der Waals surface area contributed by atoms with Crippen molar-refractivity contribution in [2.24, 2.45) is 0 Å². The van der Waals surface area contributed by atoms with Crippen LogP contribution in [-0.4, -0.2) is 36.1 Å². The van der Waals surface area contributed by atoms with Gasteiger partial charge in [-0.25, -0.2) is 4.98 Å². The summed E-state index contributed by atoms with van der Waals surface area (Å²) >= 11 is 7.86. The minimum absolute atomic E-state index is 0.0522. The van der Waals surface area contributed by atoms with Crippen LogP contribution in [-0.2, 0) is 19.4 Å². The number of fused-ring (bicyclic) bond motifs is 3. The molecule has 2 aliphatic rings. The van der Waals surface area contributed by atoms with Crippen molar-refractivity contribution in [3.63, 3.8) is 0 Å². The van der Waals surface area contributed by atoms with Gasteiger partial charge in [0.2, 0.25) is 0 Å². The predicted octanol–water partition coefficient (Wildman–Crippen LogP) is 2.42. The number of nitrogens with zero attached hydrogens (tertiary/aromatic N) is 2. The number of nitrogens with one attached hydrogen (secondary N) is 2. The summed E-state index contributed by atoms with van der Waals surface area (Å²) in [4.78, 5) is 26.8. The molecule has 2 N–H and O–H groups in total. The lowest BCUT2D eigenvalue weighted by Crippen LogP contribution is -3.13. The summed E-state index contributed by atoms with van der Waals surface area (Å²) in [5.41, 5.74) is 2.49. The fourth-order valence-electron chi connectivity index (χ4n) is 4.46. The zero-order valence-corrected chi connectivity index (χ0v) is 17.3. The monoisotopic (exact) mass is 415 g/mol. The predicted molar refractivity (Wildman–Crippen MR) is 115 cm³/mol. The number of aromatic nitrogens is 2. The molecule has 0 saturated carbocycles. The van der Waals surface area contributed by atoms with E-state index in [1.165, 1.54) is 33.9 Å². The van der Waals surface area contributed by atoms with Crippen LogP contribution < -0.4 is 15.4 Å². The molecule has 0 amide bonds. The summed E-state index contributed by atoms with van der Waals surface area (Å²) in [5, 5.41) is 1.63. The Morgan fingerprint density at radius 3 is 2.86 bits per heavy atom. The van der Waals surface area contributed by atoms with E-state index in [0.29, 0.717) is 0 Å². The van der Waals surface area contributed by atoms with Crippen molar-refractivity contribution >= 4 is 38.8 Å². The molecule has 1 aliphatic heterocycles. The molecule has 3 aromatic rings. The second-order valence-electron chi connectivity index (χ2n) is 7.80. The van der Waals surface area contributed by atoms with Crippen molar-refractivity contribution < 1.29 is 4.90 Å². The Kier molecular flexibility index (Phi) is 4.87. The lowest BCUT2D eigenvalue weighted by atomic mass is 9.97.